The third kappa shape index (κ3) is 2.69. The van der Waals surface area contributed by atoms with Gasteiger partial charge in [0.2, 0.25) is 0 Å². The van der Waals surface area contributed by atoms with Gasteiger partial charge in [-0.2, -0.15) is 0 Å². The first-order chi connectivity index (χ1) is 12.0. The van der Waals surface area contributed by atoms with Crippen molar-refractivity contribution >= 4 is 23.6 Å². The Bertz CT molecular complexity index is 911. The average molecular weight is 356 g/mol. The molecule has 26 heavy (non-hydrogen) atoms. The van der Waals surface area contributed by atoms with E-state index >= 15 is 0 Å². The van der Waals surface area contributed by atoms with Crippen molar-refractivity contribution in [1.82, 2.24) is 9.55 Å². The van der Waals surface area contributed by atoms with E-state index in [1.165, 1.54) is 0 Å². The molecule has 4 rings (SSSR count). The first-order valence-corrected chi connectivity index (χ1v) is 9.08. The number of pyridine rings is 2. The van der Waals surface area contributed by atoms with Crippen LogP contribution < -0.4 is 11.0 Å². The van der Waals surface area contributed by atoms with E-state index in [-0.39, 0.29) is 11.6 Å². The second-order valence-electron chi connectivity index (χ2n) is 8.87. The van der Waals surface area contributed by atoms with Crippen LogP contribution >= 0.6 is 0 Å². The summed E-state index contributed by atoms with van der Waals surface area (Å²) in [6.07, 6.45) is 2.84. The summed E-state index contributed by atoms with van der Waals surface area (Å²) < 4.78 is 13.9. The minimum absolute atomic E-state index is 0.0172. The van der Waals surface area contributed by atoms with E-state index in [9.17, 15) is 9.90 Å². The van der Waals surface area contributed by atoms with Gasteiger partial charge < -0.3 is 14.4 Å². The van der Waals surface area contributed by atoms with Gasteiger partial charge in [0.25, 0.3) is 5.56 Å². The fourth-order valence-electron chi connectivity index (χ4n) is 3.76. The molecule has 0 aromatic carbocycles. The number of aromatic nitrogens is 2. The molecule has 0 amide bonds. The molecule has 0 unspecified atom stereocenters. The molecular weight excluding hydrogens is 331 g/mol. The summed E-state index contributed by atoms with van der Waals surface area (Å²) in [5.74, 6) is 0. The Labute approximate surface area is 153 Å². The quantitative estimate of drug-likeness (QED) is 0.831. The van der Waals surface area contributed by atoms with Gasteiger partial charge in [-0.3, -0.25) is 9.36 Å². The van der Waals surface area contributed by atoms with Gasteiger partial charge in [0.05, 0.1) is 16.8 Å². The van der Waals surface area contributed by atoms with Gasteiger partial charge in [-0.1, -0.05) is 0 Å². The fourth-order valence-corrected chi connectivity index (χ4v) is 3.76. The van der Waals surface area contributed by atoms with E-state index in [4.69, 9.17) is 9.31 Å². The van der Waals surface area contributed by atoms with E-state index in [0.717, 1.165) is 10.8 Å². The standard InChI is InChI=1S/C19H25BN2O4/c1-17(2)18(3,4)26-20(25-17)13-8-12-6-7-15(23)22(16(12)21-11-13)14-9-19(5,24)10-14/h6-8,11,14,24H,9-10H2,1-5H3/t14-,19+. The zero-order chi connectivity index (χ0) is 18.9. The van der Waals surface area contributed by atoms with Crippen molar-refractivity contribution in [2.75, 3.05) is 0 Å². The highest BCUT2D eigenvalue weighted by molar-refractivity contribution is 6.62. The second-order valence-corrected chi connectivity index (χ2v) is 8.87. The van der Waals surface area contributed by atoms with Gasteiger partial charge in [-0.05, 0) is 59.6 Å². The molecule has 6 nitrogen and oxygen atoms in total. The highest BCUT2D eigenvalue weighted by Crippen LogP contribution is 2.41. The average Bonchev–Trinajstić information content (AvgIpc) is 2.72. The highest BCUT2D eigenvalue weighted by atomic mass is 16.7. The number of hydrogen-bond acceptors (Lipinski definition) is 5. The Balaban J connectivity index is 1.72. The van der Waals surface area contributed by atoms with Crippen LogP contribution in [0.2, 0.25) is 0 Å². The van der Waals surface area contributed by atoms with Crippen LogP contribution in [-0.4, -0.2) is 38.6 Å². The second kappa shape index (κ2) is 5.41. The molecule has 7 heteroatoms. The van der Waals surface area contributed by atoms with E-state index in [1.807, 2.05) is 33.8 Å². The highest BCUT2D eigenvalue weighted by Gasteiger charge is 2.52. The molecule has 1 saturated carbocycles. The predicted octanol–water partition coefficient (Wildman–Crippen LogP) is 1.78. The smallest absolute Gasteiger partial charge is 0.399 e. The fraction of sp³-hybridized carbons (Fsp3) is 0.579. The van der Waals surface area contributed by atoms with Crippen molar-refractivity contribution in [2.45, 2.75) is 70.3 Å². The van der Waals surface area contributed by atoms with Gasteiger partial charge in [0.1, 0.15) is 5.65 Å². The lowest BCUT2D eigenvalue weighted by Gasteiger charge is -2.41. The largest absolute Gasteiger partial charge is 0.496 e. The number of hydrogen-bond donors (Lipinski definition) is 1. The van der Waals surface area contributed by atoms with Gasteiger partial charge in [-0.25, -0.2) is 4.98 Å². The maximum absolute atomic E-state index is 12.4. The Hall–Kier alpha value is -1.70. The number of rotatable bonds is 2. The molecule has 1 aliphatic heterocycles. The van der Waals surface area contributed by atoms with E-state index in [2.05, 4.69) is 4.98 Å². The number of nitrogens with zero attached hydrogens (tertiary/aromatic N) is 2. The molecule has 0 radical (unpaired) electrons. The topological polar surface area (TPSA) is 73.6 Å². The molecule has 138 valence electrons. The van der Waals surface area contributed by atoms with Crippen LogP contribution in [0, 0.1) is 0 Å². The zero-order valence-corrected chi connectivity index (χ0v) is 15.9. The third-order valence-corrected chi connectivity index (χ3v) is 6.03. The van der Waals surface area contributed by atoms with Crippen LogP contribution in [0.1, 0.15) is 53.5 Å². The minimum atomic E-state index is -0.699. The molecule has 0 bridgehead atoms. The lowest BCUT2D eigenvalue weighted by atomic mass is 9.77. The monoisotopic (exact) mass is 356 g/mol. The molecule has 0 spiro atoms. The maximum Gasteiger partial charge on any atom is 0.496 e. The molecule has 0 atom stereocenters. The Morgan fingerprint density at radius 1 is 1.15 bits per heavy atom. The van der Waals surface area contributed by atoms with Gasteiger partial charge in [0.15, 0.2) is 0 Å². The molecule has 2 aromatic rings. The molecular formula is C19H25BN2O4. The van der Waals surface area contributed by atoms with E-state index < -0.39 is 23.9 Å². The normalized spacial score (nSPS) is 29.8. The van der Waals surface area contributed by atoms with Crippen molar-refractivity contribution in [1.29, 1.82) is 0 Å². The summed E-state index contributed by atoms with van der Waals surface area (Å²) >= 11 is 0. The SMILES string of the molecule is CC1(C)OB(c2cnc3c(ccc(=O)n3[C@H]3C[C@@](C)(O)C3)c2)OC1(C)C. The van der Waals surface area contributed by atoms with Crippen LogP contribution in [0.25, 0.3) is 11.0 Å². The van der Waals surface area contributed by atoms with E-state index in [1.54, 1.807) is 29.8 Å². The summed E-state index contributed by atoms with van der Waals surface area (Å²) in [7, 11) is -0.485. The zero-order valence-electron chi connectivity index (χ0n) is 15.9. The third-order valence-electron chi connectivity index (χ3n) is 6.03. The minimum Gasteiger partial charge on any atom is -0.399 e. The maximum atomic E-state index is 12.4. The molecule has 2 fully saturated rings. The number of aliphatic hydroxyl groups is 1. The first kappa shape index (κ1) is 17.7. The van der Waals surface area contributed by atoms with Crippen molar-refractivity contribution in [3.8, 4) is 0 Å². The summed E-state index contributed by atoms with van der Waals surface area (Å²) in [4.78, 5) is 16.9. The first-order valence-electron chi connectivity index (χ1n) is 9.08. The van der Waals surface area contributed by atoms with Gasteiger partial charge in [0, 0.05) is 29.2 Å². The molecule has 1 N–H and O–H groups in total. The van der Waals surface area contributed by atoms with Crippen molar-refractivity contribution in [3.63, 3.8) is 0 Å². The van der Waals surface area contributed by atoms with Gasteiger partial charge in [-0.15, -0.1) is 0 Å². The van der Waals surface area contributed by atoms with E-state index in [0.29, 0.717) is 18.5 Å². The van der Waals surface area contributed by atoms with Crippen LogP contribution in [0.15, 0.2) is 29.2 Å². The molecule has 1 saturated heterocycles. The van der Waals surface area contributed by atoms with Crippen molar-refractivity contribution < 1.29 is 14.4 Å². The van der Waals surface area contributed by atoms with Crippen molar-refractivity contribution in [3.05, 3.63) is 34.7 Å². The van der Waals surface area contributed by atoms with Gasteiger partial charge >= 0.3 is 7.12 Å². The van der Waals surface area contributed by atoms with Crippen molar-refractivity contribution in [2.24, 2.45) is 0 Å². The van der Waals surface area contributed by atoms with Crippen LogP contribution in [-0.2, 0) is 9.31 Å². The Kier molecular flexibility index (Phi) is 3.68. The van der Waals surface area contributed by atoms with Crippen LogP contribution in [0.3, 0.4) is 0 Å². The summed E-state index contributed by atoms with van der Waals surface area (Å²) in [6.45, 7) is 9.86. The molecule has 2 aliphatic rings. The summed E-state index contributed by atoms with van der Waals surface area (Å²) in [5, 5.41) is 10.9. The van der Waals surface area contributed by atoms with Crippen LogP contribution in [0.4, 0.5) is 0 Å². The summed E-state index contributed by atoms with van der Waals surface area (Å²) in [6, 6.07) is 5.30. The Morgan fingerprint density at radius 2 is 1.77 bits per heavy atom. The molecule has 3 heterocycles. The predicted molar refractivity (Wildman–Crippen MR) is 101 cm³/mol. The number of fused-ring (bicyclic) bond motifs is 1. The lowest BCUT2D eigenvalue weighted by molar-refractivity contribution is -0.0507. The molecule has 1 aliphatic carbocycles. The summed E-state index contributed by atoms with van der Waals surface area (Å²) in [5.41, 5.74) is -0.144. The molecule has 2 aromatic heterocycles. The lowest BCUT2D eigenvalue weighted by Crippen LogP contribution is -2.45. The Morgan fingerprint density at radius 3 is 2.35 bits per heavy atom. The van der Waals surface area contributed by atoms with Crippen LogP contribution in [0.5, 0.6) is 0 Å².